The molecule has 2 aromatic rings. The zero-order valence-corrected chi connectivity index (χ0v) is 18.4. The summed E-state index contributed by atoms with van der Waals surface area (Å²) in [5, 5.41) is 15.0. The lowest BCUT2D eigenvalue weighted by molar-refractivity contribution is 0.0526. The molecule has 2 N–H and O–H groups in total. The maximum atomic E-state index is 12.0. The summed E-state index contributed by atoms with van der Waals surface area (Å²) in [6.07, 6.45) is 2.49. The minimum Gasteiger partial charge on any atom is -0.488 e. The van der Waals surface area contributed by atoms with E-state index in [1.807, 2.05) is 0 Å². The third-order valence-corrected chi connectivity index (χ3v) is 5.54. The summed E-state index contributed by atoms with van der Waals surface area (Å²) in [6, 6.07) is 8.21. The molecule has 1 aromatic carbocycles. The van der Waals surface area contributed by atoms with E-state index in [-0.39, 0.29) is 12.6 Å². The number of urea groups is 1. The summed E-state index contributed by atoms with van der Waals surface area (Å²) >= 11 is 0. The van der Waals surface area contributed by atoms with Gasteiger partial charge in [-0.25, -0.2) is 14.6 Å². The van der Waals surface area contributed by atoms with Crippen LogP contribution >= 0.6 is 0 Å². The van der Waals surface area contributed by atoms with Gasteiger partial charge in [0.1, 0.15) is 29.6 Å². The molecule has 0 radical (unpaired) electrons. The van der Waals surface area contributed by atoms with Crippen molar-refractivity contribution in [1.82, 2.24) is 10.3 Å². The Balaban J connectivity index is 1.46. The predicted molar refractivity (Wildman–Crippen MR) is 119 cm³/mol. The number of ether oxygens (including phenoxy) is 2. The van der Waals surface area contributed by atoms with Gasteiger partial charge in [0.2, 0.25) is 0 Å². The largest absolute Gasteiger partial charge is 0.488 e. The first-order valence-electron chi connectivity index (χ1n) is 11.1. The number of fused-ring (bicyclic) bond motifs is 1. The molecule has 4 rings (SSSR count). The molecule has 2 amide bonds. The van der Waals surface area contributed by atoms with Gasteiger partial charge in [-0.2, -0.15) is 9.98 Å². The van der Waals surface area contributed by atoms with Crippen molar-refractivity contribution in [3.63, 3.8) is 0 Å². The minimum absolute atomic E-state index is 0.0164. The molecule has 2 aliphatic heterocycles. The van der Waals surface area contributed by atoms with Crippen molar-refractivity contribution < 1.29 is 24.2 Å². The lowest BCUT2D eigenvalue weighted by Crippen LogP contribution is -2.47. The van der Waals surface area contributed by atoms with Crippen molar-refractivity contribution in [2.24, 2.45) is 9.98 Å². The first kappa shape index (κ1) is 22.8. The quantitative estimate of drug-likeness (QED) is 0.530. The van der Waals surface area contributed by atoms with Crippen molar-refractivity contribution in [2.75, 3.05) is 37.7 Å². The summed E-state index contributed by atoms with van der Waals surface area (Å²) in [5.74, 6) is 0.671. The van der Waals surface area contributed by atoms with E-state index in [2.05, 4.69) is 25.2 Å². The van der Waals surface area contributed by atoms with Crippen molar-refractivity contribution in [1.29, 1.82) is 0 Å². The maximum absolute atomic E-state index is 12.0. The van der Waals surface area contributed by atoms with Gasteiger partial charge in [-0.3, -0.25) is 0 Å². The Morgan fingerprint density at radius 2 is 2.06 bits per heavy atom. The van der Waals surface area contributed by atoms with Crippen LogP contribution in [0.5, 0.6) is 5.75 Å². The Kier molecular flexibility index (Phi) is 7.26. The lowest BCUT2D eigenvalue weighted by Gasteiger charge is -2.36. The molecule has 0 bridgehead atoms. The van der Waals surface area contributed by atoms with E-state index in [9.17, 15) is 14.7 Å². The average Bonchev–Trinajstić information content (AvgIpc) is 3.23. The number of carbonyl (C=O) groups is 2. The van der Waals surface area contributed by atoms with Gasteiger partial charge >= 0.3 is 12.0 Å². The van der Waals surface area contributed by atoms with Crippen molar-refractivity contribution in [3.05, 3.63) is 52.8 Å². The van der Waals surface area contributed by atoms with Gasteiger partial charge in [-0.15, -0.1) is 0 Å². The van der Waals surface area contributed by atoms with Crippen LogP contribution in [-0.2, 0) is 4.74 Å². The van der Waals surface area contributed by atoms with Crippen molar-refractivity contribution >= 4 is 17.8 Å². The summed E-state index contributed by atoms with van der Waals surface area (Å²) in [5.41, 5.74) is 0.386. The Bertz CT molecular complexity index is 1120. The van der Waals surface area contributed by atoms with Crippen molar-refractivity contribution in [2.45, 2.75) is 31.9 Å². The number of amides is 2. The molecule has 33 heavy (non-hydrogen) atoms. The fourth-order valence-corrected chi connectivity index (χ4v) is 3.96. The Morgan fingerprint density at radius 1 is 1.24 bits per heavy atom. The third kappa shape index (κ3) is 5.52. The molecule has 0 aliphatic carbocycles. The number of hydrogen-bond donors (Lipinski definition) is 2. The second kappa shape index (κ2) is 10.5. The van der Waals surface area contributed by atoms with Gasteiger partial charge < -0.3 is 24.8 Å². The molecule has 0 saturated carbocycles. The van der Waals surface area contributed by atoms with Gasteiger partial charge in [-0.05, 0) is 57.1 Å². The van der Waals surface area contributed by atoms with Crippen LogP contribution in [0, 0.1) is 0 Å². The van der Waals surface area contributed by atoms with Crippen molar-refractivity contribution in [3.8, 4) is 5.75 Å². The highest BCUT2D eigenvalue weighted by Gasteiger charge is 2.25. The smallest absolute Gasteiger partial charge is 0.368 e. The number of esters is 1. The topological polar surface area (TPSA) is 126 Å². The highest BCUT2D eigenvalue weighted by molar-refractivity contribution is 5.89. The summed E-state index contributed by atoms with van der Waals surface area (Å²) in [7, 11) is 0. The molecule has 174 valence electrons. The van der Waals surface area contributed by atoms with Crippen LogP contribution in [0.4, 0.5) is 10.6 Å². The van der Waals surface area contributed by atoms with E-state index in [1.165, 1.54) is 6.20 Å². The van der Waals surface area contributed by atoms with Gasteiger partial charge in [0.25, 0.3) is 0 Å². The van der Waals surface area contributed by atoms with Crippen LogP contribution in [0.25, 0.3) is 0 Å². The maximum Gasteiger partial charge on any atom is 0.368 e. The average molecular weight is 453 g/mol. The second-order valence-electron chi connectivity index (χ2n) is 7.85. The number of nitrogens with one attached hydrogen (secondary N) is 1. The van der Waals surface area contributed by atoms with Crippen LogP contribution in [0.1, 0.15) is 30.1 Å². The fourth-order valence-electron chi connectivity index (χ4n) is 3.96. The number of aliphatic hydroxyl groups excluding tert-OH is 1. The monoisotopic (exact) mass is 453 g/mol. The van der Waals surface area contributed by atoms with E-state index in [0.717, 1.165) is 25.9 Å². The molecule has 1 aromatic heterocycles. The highest BCUT2D eigenvalue weighted by Crippen LogP contribution is 2.21. The van der Waals surface area contributed by atoms with Crippen LogP contribution in [0.15, 0.2) is 46.5 Å². The highest BCUT2D eigenvalue weighted by atomic mass is 16.5. The Hall–Kier alpha value is -3.37. The summed E-state index contributed by atoms with van der Waals surface area (Å²) in [6.45, 7) is 4.13. The zero-order valence-electron chi connectivity index (χ0n) is 18.4. The lowest BCUT2D eigenvalue weighted by atomic mass is 10.0. The molecule has 2 aliphatic rings. The minimum atomic E-state index is -0.823. The molecule has 0 spiro atoms. The first-order valence-corrected chi connectivity index (χ1v) is 11.1. The van der Waals surface area contributed by atoms with Crippen LogP contribution in [0.3, 0.4) is 0 Å². The van der Waals surface area contributed by atoms with Gasteiger partial charge in [0, 0.05) is 18.8 Å². The zero-order chi connectivity index (χ0) is 23.2. The molecule has 10 nitrogen and oxygen atoms in total. The van der Waals surface area contributed by atoms with Crippen LogP contribution < -0.4 is 25.7 Å². The molecule has 1 fully saturated rings. The number of anilines is 1. The molecule has 0 unspecified atom stereocenters. The number of nitrogens with zero attached hydrogens (tertiary/aromatic N) is 4. The molecule has 3 heterocycles. The van der Waals surface area contributed by atoms with Gasteiger partial charge in [-0.1, -0.05) is 6.07 Å². The van der Waals surface area contributed by atoms with E-state index in [0.29, 0.717) is 41.0 Å². The van der Waals surface area contributed by atoms with Crippen LogP contribution in [-0.4, -0.2) is 67.1 Å². The SMILES string of the molecule is CCOC(=O)c1ccc(N(C[C@H](O)COc2cccc3c2=NC(=O)N=3)C2CCNCC2)nc1. The number of aromatic nitrogens is 1. The van der Waals surface area contributed by atoms with Crippen LogP contribution in [0.2, 0.25) is 0 Å². The Labute approximate surface area is 191 Å². The molecular weight excluding hydrogens is 426 g/mol. The number of piperidine rings is 1. The first-order chi connectivity index (χ1) is 16.0. The number of aliphatic hydroxyl groups is 1. The summed E-state index contributed by atoms with van der Waals surface area (Å²) < 4.78 is 10.8. The van der Waals surface area contributed by atoms with E-state index in [4.69, 9.17) is 9.47 Å². The number of para-hydroxylation sites is 1. The Morgan fingerprint density at radius 3 is 2.79 bits per heavy atom. The fraction of sp³-hybridized carbons (Fsp3) is 0.435. The predicted octanol–water partition coefficient (Wildman–Crippen LogP) is 0.629. The van der Waals surface area contributed by atoms with E-state index >= 15 is 0 Å². The number of benzene rings is 1. The van der Waals surface area contributed by atoms with E-state index < -0.39 is 18.1 Å². The molecular formula is C23H27N5O5. The van der Waals surface area contributed by atoms with E-state index in [1.54, 1.807) is 37.3 Å². The number of pyridine rings is 1. The number of hydrogen-bond acceptors (Lipinski definition) is 8. The third-order valence-electron chi connectivity index (χ3n) is 5.54. The molecule has 10 heteroatoms. The van der Waals surface area contributed by atoms with Gasteiger partial charge in [0.15, 0.2) is 0 Å². The number of rotatable bonds is 9. The van der Waals surface area contributed by atoms with Gasteiger partial charge in [0.05, 0.1) is 17.5 Å². The normalized spacial score (nSPS) is 16.4. The molecule has 1 saturated heterocycles. The molecule has 1 atom stereocenters. The number of carbonyl (C=O) groups excluding carboxylic acids is 2. The summed E-state index contributed by atoms with van der Waals surface area (Å²) in [4.78, 5) is 37.7. The second-order valence-corrected chi connectivity index (χ2v) is 7.85. The standard InChI is InChI=1S/C23H27N5O5/c1-2-32-22(30)15-6-7-20(25-12-15)28(16-8-10-24-11-9-16)13-17(29)14-33-19-5-3-4-18-21(19)27-23(31)26-18/h3-7,12,16-17,24,29H,2,8-11,13-14H2,1H3/t17-/m0/s1.